The largest absolute Gasteiger partial charge is 0.392 e. The summed E-state index contributed by atoms with van der Waals surface area (Å²) in [7, 11) is 0. The van der Waals surface area contributed by atoms with Crippen LogP contribution in [-0.2, 0) is 29.2 Å². The highest BCUT2D eigenvalue weighted by molar-refractivity contribution is 5.93. The molecular formula is C38H34N4O4. The molecule has 0 saturated carbocycles. The fraction of sp³-hybridized carbons (Fsp3) is 0.184. The number of imidazole rings is 1. The molecule has 1 saturated heterocycles. The minimum atomic E-state index is -0.585. The second kappa shape index (κ2) is 13.5. The molecule has 0 aliphatic carbocycles. The number of aromatic nitrogens is 3. The summed E-state index contributed by atoms with van der Waals surface area (Å²) in [6, 6.07) is 35.9. The highest BCUT2D eigenvalue weighted by Gasteiger charge is 2.33. The molecule has 0 bridgehead atoms. The Morgan fingerprint density at radius 3 is 2.50 bits per heavy atom. The first kappa shape index (κ1) is 29.6. The van der Waals surface area contributed by atoms with Crippen molar-refractivity contribution in [1.82, 2.24) is 19.9 Å². The van der Waals surface area contributed by atoms with Crippen LogP contribution >= 0.6 is 0 Å². The number of nitrogens with zero attached hydrogens (tertiary/aromatic N) is 3. The smallest absolute Gasteiger partial charge is 0.253 e. The first-order valence-corrected chi connectivity index (χ1v) is 15.4. The number of rotatable bonds is 9. The van der Waals surface area contributed by atoms with Crippen molar-refractivity contribution in [2.75, 3.05) is 0 Å². The Morgan fingerprint density at radius 1 is 0.848 bits per heavy atom. The molecule has 7 rings (SSSR count). The van der Waals surface area contributed by atoms with Crippen molar-refractivity contribution in [3.05, 3.63) is 156 Å². The van der Waals surface area contributed by atoms with E-state index in [-0.39, 0.29) is 24.7 Å². The van der Waals surface area contributed by atoms with Gasteiger partial charge in [0.1, 0.15) is 0 Å². The fourth-order valence-electron chi connectivity index (χ4n) is 5.92. The lowest BCUT2D eigenvalue weighted by Gasteiger charge is -2.36. The van der Waals surface area contributed by atoms with Crippen molar-refractivity contribution in [2.45, 2.75) is 44.6 Å². The molecule has 0 radical (unpaired) electrons. The van der Waals surface area contributed by atoms with E-state index in [0.717, 1.165) is 44.4 Å². The van der Waals surface area contributed by atoms with Gasteiger partial charge in [0.15, 0.2) is 6.29 Å². The summed E-state index contributed by atoms with van der Waals surface area (Å²) >= 11 is 0. The fourth-order valence-corrected chi connectivity index (χ4v) is 5.92. The lowest BCUT2D eigenvalue weighted by atomic mass is 9.98. The van der Waals surface area contributed by atoms with Gasteiger partial charge in [-0.25, -0.2) is 4.98 Å². The number of carbonyl (C=O) groups excluding carboxylic acids is 1. The van der Waals surface area contributed by atoms with E-state index in [4.69, 9.17) is 9.47 Å². The van der Waals surface area contributed by atoms with Gasteiger partial charge in [0.05, 0.1) is 48.3 Å². The number of hydrogen-bond acceptors (Lipinski definition) is 6. The molecule has 6 aromatic rings. The Morgan fingerprint density at radius 2 is 1.67 bits per heavy atom. The average molecular weight is 611 g/mol. The van der Waals surface area contributed by atoms with Gasteiger partial charge in [-0.3, -0.25) is 9.78 Å². The number of fused-ring (bicyclic) bond motifs is 1. The van der Waals surface area contributed by atoms with Crippen molar-refractivity contribution < 1.29 is 19.4 Å². The minimum Gasteiger partial charge on any atom is -0.392 e. The van der Waals surface area contributed by atoms with E-state index in [1.807, 2.05) is 73.1 Å². The molecule has 230 valence electrons. The van der Waals surface area contributed by atoms with Crippen molar-refractivity contribution in [1.29, 1.82) is 0 Å². The predicted octanol–water partition coefficient (Wildman–Crippen LogP) is 6.77. The highest BCUT2D eigenvalue weighted by atomic mass is 16.7. The van der Waals surface area contributed by atoms with E-state index >= 15 is 0 Å². The van der Waals surface area contributed by atoms with E-state index in [1.54, 1.807) is 24.5 Å². The van der Waals surface area contributed by atoms with Gasteiger partial charge in [-0.2, -0.15) is 0 Å². The van der Waals surface area contributed by atoms with Crippen LogP contribution in [0.4, 0.5) is 0 Å². The van der Waals surface area contributed by atoms with Gasteiger partial charge in [-0.15, -0.1) is 0 Å². The Bertz CT molecular complexity index is 1940. The van der Waals surface area contributed by atoms with Crippen molar-refractivity contribution >= 4 is 16.9 Å². The molecular weight excluding hydrogens is 576 g/mol. The van der Waals surface area contributed by atoms with Crippen molar-refractivity contribution in [2.24, 2.45) is 0 Å². The summed E-state index contributed by atoms with van der Waals surface area (Å²) in [5.74, 6) is -0.161. The topological polar surface area (TPSA) is 98.5 Å². The van der Waals surface area contributed by atoms with Crippen LogP contribution in [0.1, 0.15) is 51.4 Å². The van der Waals surface area contributed by atoms with Gasteiger partial charge < -0.3 is 24.5 Å². The molecule has 3 atom stereocenters. The van der Waals surface area contributed by atoms with Crippen LogP contribution in [0.5, 0.6) is 0 Å². The third-order valence-electron chi connectivity index (χ3n) is 8.34. The van der Waals surface area contributed by atoms with Crippen LogP contribution in [0.2, 0.25) is 0 Å². The van der Waals surface area contributed by atoms with Gasteiger partial charge in [0.25, 0.3) is 5.91 Å². The van der Waals surface area contributed by atoms with Gasteiger partial charge in [0, 0.05) is 30.9 Å². The van der Waals surface area contributed by atoms with E-state index in [0.29, 0.717) is 25.1 Å². The molecule has 2 N–H and O–H groups in total. The van der Waals surface area contributed by atoms with Crippen LogP contribution in [0, 0.1) is 0 Å². The first-order valence-electron chi connectivity index (χ1n) is 15.4. The van der Waals surface area contributed by atoms with Crippen molar-refractivity contribution in [3.63, 3.8) is 0 Å². The lowest BCUT2D eigenvalue weighted by molar-refractivity contribution is -0.252. The number of aliphatic hydroxyl groups excluding tert-OH is 1. The van der Waals surface area contributed by atoms with E-state index in [9.17, 15) is 9.90 Å². The van der Waals surface area contributed by atoms with E-state index < -0.39 is 6.29 Å². The third-order valence-corrected chi connectivity index (χ3v) is 8.34. The maximum Gasteiger partial charge on any atom is 0.253 e. The maximum atomic E-state index is 12.5. The molecule has 8 nitrogen and oxygen atoms in total. The highest BCUT2D eigenvalue weighted by Crippen LogP contribution is 2.39. The molecule has 8 heteroatoms. The zero-order valence-electron chi connectivity index (χ0n) is 25.2. The van der Waals surface area contributed by atoms with E-state index in [2.05, 4.69) is 50.2 Å². The summed E-state index contributed by atoms with van der Waals surface area (Å²) in [6.07, 6.45) is 4.84. The molecule has 46 heavy (non-hydrogen) atoms. The number of amides is 1. The maximum absolute atomic E-state index is 12.5. The van der Waals surface area contributed by atoms with Crippen LogP contribution in [0.15, 0.2) is 128 Å². The standard InChI is InChI=1S/C38H34N4O4/c43-24-26-13-15-28(16-14-26)36-20-33(23-42-25-41-34-11-1-2-12-35(34)42)45-38(46-36)31-9-4-8-30(19-31)29-7-3-6-27(18-29)21-40-37(44)32-10-5-17-39-22-32/h1-19,22,25,33,36,38,43H,20-21,23-24H2,(H,40,44)/t33-,36+,38+/m0/s1. The lowest BCUT2D eigenvalue weighted by Crippen LogP contribution is -2.32. The molecule has 1 aliphatic heterocycles. The Balaban J connectivity index is 1.13. The molecule has 1 aliphatic rings. The Labute approximate surface area is 267 Å². The van der Waals surface area contributed by atoms with Gasteiger partial charge in [-0.05, 0) is 64.2 Å². The number of hydrogen-bond donors (Lipinski definition) is 2. The van der Waals surface area contributed by atoms with Gasteiger partial charge in [-0.1, -0.05) is 72.8 Å². The normalized spacial score (nSPS) is 18.0. The zero-order chi connectivity index (χ0) is 31.3. The number of pyridine rings is 1. The second-order valence-corrected chi connectivity index (χ2v) is 11.5. The number of aliphatic hydroxyl groups is 1. The summed E-state index contributed by atoms with van der Waals surface area (Å²) in [6.45, 7) is 1.04. The molecule has 0 spiro atoms. The molecule has 0 unspecified atom stereocenters. The molecule has 1 fully saturated rings. The molecule has 1 amide bonds. The Hall–Kier alpha value is -5.15. The number of carbonyl (C=O) groups is 1. The SMILES string of the molecule is O=C(NCc1cccc(-c2cccc([C@@H]3O[C@H](Cn4cnc5ccccc54)C[C@H](c4ccc(CO)cc4)O3)c2)c1)c1cccnc1. The monoisotopic (exact) mass is 610 g/mol. The number of benzene rings is 4. The zero-order valence-corrected chi connectivity index (χ0v) is 25.2. The number of para-hydroxylation sites is 2. The summed E-state index contributed by atoms with van der Waals surface area (Å²) in [4.78, 5) is 21.2. The first-order chi connectivity index (χ1) is 22.6. The molecule has 2 aromatic heterocycles. The van der Waals surface area contributed by atoms with E-state index in [1.165, 1.54) is 0 Å². The van der Waals surface area contributed by atoms with Crippen LogP contribution in [-0.4, -0.2) is 31.7 Å². The van der Waals surface area contributed by atoms with Crippen LogP contribution in [0.3, 0.4) is 0 Å². The molecule has 4 aromatic carbocycles. The van der Waals surface area contributed by atoms with Crippen molar-refractivity contribution in [3.8, 4) is 11.1 Å². The molecule has 3 heterocycles. The number of ether oxygens (including phenoxy) is 2. The Kier molecular flexibility index (Phi) is 8.65. The average Bonchev–Trinajstić information content (AvgIpc) is 3.53. The van der Waals surface area contributed by atoms with Crippen LogP contribution in [0.25, 0.3) is 22.2 Å². The second-order valence-electron chi connectivity index (χ2n) is 11.5. The number of nitrogens with one attached hydrogen (secondary N) is 1. The van der Waals surface area contributed by atoms with Gasteiger partial charge in [0.2, 0.25) is 0 Å². The summed E-state index contributed by atoms with van der Waals surface area (Å²) in [5, 5.41) is 12.5. The quantitative estimate of drug-likeness (QED) is 0.188. The predicted molar refractivity (Wildman–Crippen MR) is 175 cm³/mol. The minimum absolute atomic E-state index is 0.00125. The summed E-state index contributed by atoms with van der Waals surface area (Å²) in [5.41, 5.74) is 8.42. The van der Waals surface area contributed by atoms with Gasteiger partial charge >= 0.3 is 0 Å². The third kappa shape index (κ3) is 6.60. The summed E-state index contributed by atoms with van der Waals surface area (Å²) < 4.78 is 15.4. The van der Waals surface area contributed by atoms with Crippen LogP contribution < -0.4 is 5.32 Å².